The average Bonchev–Trinajstić information content (AvgIpc) is 2.46. The maximum atomic E-state index is 11.9. The highest BCUT2D eigenvalue weighted by Gasteiger charge is 2.06. The monoisotopic (exact) mass is 361 g/mol. The van der Waals surface area contributed by atoms with E-state index >= 15 is 0 Å². The molecule has 0 atom stereocenters. The number of carbonyl (C=O) groups is 1. The first kappa shape index (κ1) is 15.4. The number of nitriles is 1. The van der Waals surface area contributed by atoms with E-state index in [9.17, 15) is 4.79 Å². The molecule has 0 aliphatic rings. The maximum Gasteiger partial charge on any atom is 0.234 e. The van der Waals surface area contributed by atoms with E-state index in [1.54, 1.807) is 30.3 Å². The van der Waals surface area contributed by atoms with Gasteiger partial charge in [0.2, 0.25) is 5.91 Å². The van der Waals surface area contributed by atoms with Crippen LogP contribution in [-0.4, -0.2) is 11.7 Å². The summed E-state index contributed by atoms with van der Waals surface area (Å²) in [5.74, 6) is 0.111. The van der Waals surface area contributed by atoms with Gasteiger partial charge in [0.1, 0.15) is 0 Å². The van der Waals surface area contributed by atoms with Crippen LogP contribution in [0.15, 0.2) is 51.8 Å². The van der Waals surface area contributed by atoms with Crippen LogP contribution in [0.3, 0.4) is 0 Å². The number of nitrogens with zero attached hydrogens (tertiary/aromatic N) is 1. The lowest BCUT2D eigenvalue weighted by molar-refractivity contribution is -0.113. The van der Waals surface area contributed by atoms with Crippen LogP contribution in [0.4, 0.5) is 11.4 Å². The summed E-state index contributed by atoms with van der Waals surface area (Å²) in [5.41, 5.74) is 7.64. The van der Waals surface area contributed by atoms with E-state index < -0.39 is 0 Å². The number of hydrogen-bond donors (Lipinski definition) is 2. The Balaban J connectivity index is 1.94. The third-order valence-electron chi connectivity index (χ3n) is 2.61. The van der Waals surface area contributed by atoms with Crippen molar-refractivity contribution < 1.29 is 4.79 Å². The molecule has 0 aromatic heterocycles. The minimum atomic E-state index is -0.141. The molecule has 2 rings (SSSR count). The second-order valence-electron chi connectivity index (χ2n) is 4.21. The molecule has 1 amide bonds. The second-order valence-corrected chi connectivity index (χ2v) is 6.14. The van der Waals surface area contributed by atoms with Gasteiger partial charge in [-0.1, -0.05) is 22.0 Å². The van der Waals surface area contributed by atoms with E-state index in [0.717, 1.165) is 9.37 Å². The van der Waals surface area contributed by atoms with Crippen molar-refractivity contribution in [3.05, 3.63) is 52.5 Å². The molecule has 0 radical (unpaired) electrons. The molecule has 4 nitrogen and oxygen atoms in total. The molecule has 0 bridgehead atoms. The second kappa shape index (κ2) is 7.16. The first-order valence-electron chi connectivity index (χ1n) is 6.06. The molecule has 0 saturated heterocycles. The summed E-state index contributed by atoms with van der Waals surface area (Å²) >= 11 is 4.71. The van der Waals surface area contributed by atoms with Crippen LogP contribution >= 0.6 is 27.7 Å². The summed E-state index contributed by atoms with van der Waals surface area (Å²) in [6.45, 7) is 0. The predicted octanol–water partition coefficient (Wildman–Crippen LogP) is 3.63. The van der Waals surface area contributed by atoms with Crippen molar-refractivity contribution >= 4 is 45.0 Å². The smallest absolute Gasteiger partial charge is 0.234 e. The average molecular weight is 362 g/mol. The molecule has 0 unspecified atom stereocenters. The van der Waals surface area contributed by atoms with E-state index in [1.807, 2.05) is 18.2 Å². The minimum Gasteiger partial charge on any atom is -0.398 e. The summed E-state index contributed by atoms with van der Waals surface area (Å²) in [7, 11) is 0. The molecular weight excluding hydrogens is 350 g/mol. The fourth-order valence-corrected chi connectivity index (χ4v) is 2.79. The molecule has 0 saturated carbocycles. The fourth-order valence-electron chi connectivity index (χ4n) is 1.66. The molecule has 2 aromatic carbocycles. The van der Waals surface area contributed by atoms with Crippen molar-refractivity contribution in [1.82, 2.24) is 0 Å². The van der Waals surface area contributed by atoms with Gasteiger partial charge in [-0.15, -0.1) is 11.8 Å². The van der Waals surface area contributed by atoms with Crippen LogP contribution in [0.25, 0.3) is 0 Å². The summed E-state index contributed by atoms with van der Waals surface area (Å²) in [6, 6.07) is 14.4. The number of anilines is 2. The highest BCUT2D eigenvalue weighted by Crippen LogP contribution is 2.27. The molecule has 0 aliphatic carbocycles. The van der Waals surface area contributed by atoms with Gasteiger partial charge in [-0.2, -0.15) is 5.26 Å². The lowest BCUT2D eigenvalue weighted by Crippen LogP contribution is -2.14. The number of nitrogens with two attached hydrogens (primary N) is 1. The highest BCUT2D eigenvalue weighted by atomic mass is 79.9. The molecule has 6 heteroatoms. The Bertz CT molecular complexity index is 712. The Morgan fingerprint density at radius 3 is 2.86 bits per heavy atom. The van der Waals surface area contributed by atoms with E-state index in [1.165, 1.54) is 11.8 Å². The first-order chi connectivity index (χ1) is 10.1. The molecule has 0 heterocycles. The molecule has 106 valence electrons. The zero-order valence-electron chi connectivity index (χ0n) is 11.0. The molecule has 21 heavy (non-hydrogen) atoms. The van der Waals surface area contributed by atoms with E-state index in [4.69, 9.17) is 11.0 Å². The Labute approximate surface area is 135 Å². The zero-order valence-corrected chi connectivity index (χ0v) is 13.4. The van der Waals surface area contributed by atoms with Gasteiger partial charge in [-0.3, -0.25) is 4.79 Å². The van der Waals surface area contributed by atoms with Crippen LogP contribution in [0.2, 0.25) is 0 Å². The molecule has 0 fully saturated rings. The topological polar surface area (TPSA) is 78.9 Å². The number of amides is 1. The number of hydrogen-bond acceptors (Lipinski definition) is 4. The van der Waals surface area contributed by atoms with Crippen LogP contribution in [0, 0.1) is 11.3 Å². The lowest BCUT2D eigenvalue weighted by atomic mass is 10.2. The summed E-state index contributed by atoms with van der Waals surface area (Å²) in [4.78, 5) is 12.8. The van der Waals surface area contributed by atoms with Crippen molar-refractivity contribution in [1.29, 1.82) is 5.26 Å². The molecule has 0 spiro atoms. The minimum absolute atomic E-state index is 0.141. The molecular formula is C15H12BrN3OS. The van der Waals surface area contributed by atoms with Crippen LogP contribution in [0.5, 0.6) is 0 Å². The van der Waals surface area contributed by atoms with Crippen molar-refractivity contribution in [2.75, 3.05) is 16.8 Å². The Kier molecular flexibility index (Phi) is 5.26. The number of carbonyl (C=O) groups excluding carboxylic acids is 1. The van der Waals surface area contributed by atoms with Crippen LogP contribution in [0.1, 0.15) is 5.56 Å². The quantitative estimate of drug-likeness (QED) is 0.643. The van der Waals surface area contributed by atoms with Gasteiger partial charge in [-0.05, 0) is 36.4 Å². The summed E-state index contributed by atoms with van der Waals surface area (Å²) in [5, 5.41) is 11.6. The third-order valence-corrected chi connectivity index (χ3v) is 4.19. The van der Waals surface area contributed by atoms with Crippen molar-refractivity contribution in [2.45, 2.75) is 4.90 Å². The van der Waals surface area contributed by atoms with E-state index in [-0.39, 0.29) is 11.7 Å². The normalized spacial score (nSPS) is 9.90. The Hall–Kier alpha value is -1.97. The van der Waals surface area contributed by atoms with Gasteiger partial charge in [0, 0.05) is 20.7 Å². The van der Waals surface area contributed by atoms with Gasteiger partial charge in [0.05, 0.1) is 17.4 Å². The van der Waals surface area contributed by atoms with Crippen molar-refractivity contribution in [3.8, 4) is 6.07 Å². The molecule has 0 aliphatic heterocycles. The van der Waals surface area contributed by atoms with Crippen LogP contribution < -0.4 is 11.1 Å². The number of benzene rings is 2. The SMILES string of the molecule is N#Cc1cccc(NC(=O)CSc2ccc(Br)cc2N)c1. The van der Waals surface area contributed by atoms with Gasteiger partial charge in [-0.25, -0.2) is 0 Å². The van der Waals surface area contributed by atoms with Gasteiger partial charge >= 0.3 is 0 Å². The Morgan fingerprint density at radius 1 is 1.33 bits per heavy atom. The van der Waals surface area contributed by atoms with Gasteiger partial charge in [0.15, 0.2) is 0 Å². The number of thioether (sulfide) groups is 1. The lowest BCUT2D eigenvalue weighted by Gasteiger charge is -2.07. The maximum absolute atomic E-state index is 11.9. The van der Waals surface area contributed by atoms with Crippen molar-refractivity contribution in [2.24, 2.45) is 0 Å². The molecule has 2 aromatic rings. The highest BCUT2D eigenvalue weighted by molar-refractivity contribution is 9.10. The largest absolute Gasteiger partial charge is 0.398 e. The molecule has 3 N–H and O–H groups in total. The number of nitrogen functional groups attached to an aromatic ring is 1. The van der Waals surface area contributed by atoms with Gasteiger partial charge in [0.25, 0.3) is 0 Å². The van der Waals surface area contributed by atoms with E-state index in [0.29, 0.717) is 16.9 Å². The Morgan fingerprint density at radius 2 is 2.14 bits per heavy atom. The summed E-state index contributed by atoms with van der Waals surface area (Å²) in [6.07, 6.45) is 0. The standard InChI is InChI=1S/C15H12BrN3OS/c16-11-4-5-14(13(18)7-11)21-9-15(20)19-12-3-1-2-10(6-12)8-17/h1-7H,9,18H2,(H,19,20). The third kappa shape index (κ3) is 4.52. The zero-order chi connectivity index (χ0) is 15.2. The first-order valence-corrected chi connectivity index (χ1v) is 7.84. The number of halogens is 1. The number of rotatable bonds is 4. The fraction of sp³-hybridized carbons (Fsp3) is 0.0667. The van der Waals surface area contributed by atoms with Crippen molar-refractivity contribution in [3.63, 3.8) is 0 Å². The van der Waals surface area contributed by atoms with Gasteiger partial charge < -0.3 is 11.1 Å². The predicted molar refractivity (Wildman–Crippen MR) is 89.1 cm³/mol. The van der Waals surface area contributed by atoms with E-state index in [2.05, 4.69) is 21.2 Å². The summed E-state index contributed by atoms with van der Waals surface area (Å²) < 4.78 is 0.905. The number of nitrogens with one attached hydrogen (secondary N) is 1. The van der Waals surface area contributed by atoms with Crippen LogP contribution in [-0.2, 0) is 4.79 Å².